The molecule has 4 nitrogen and oxygen atoms in total. The van der Waals surface area contributed by atoms with Crippen LogP contribution in [0.4, 0.5) is 0 Å². The third kappa shape index (κ3) is 4.31. The minimum Gasteiger partial charge on any atom is -0.351 e. The lowest BCUT2D eigenvalue weighted by Gasteiger charge is -2.08. The van der Waals surface area contributed by atoms with E-state index in [0.29, 0.717) is 12.1 Å². The lowest BCUT2D eigenvalue weighted by Crippen LogP contribution is -2.26. The number of hydrogen-bond donors (Lipinski definition) is 1. The van der Waals surface area contributed by atoms with Gasteiger partial charge in [0.15, 0.2) is 0 Å². The van der Waals surface area contributed by atoms with Crippen LogP contribution in [0.2, 0.25) is 0 Å². The first-order valence-electron chi connectivity index (χ1n) is 8.38. The summed E-state index contributed by atoms with van der Waals surface area (Å²) in [6.07, 6.45) is 2.40. The maximum absolute atomic E-state index is 12.5. The number of carbonyl (C=O) groups is 1. The maximum Gasteiger partial charge on any atom is 0.254 e. The van der Waals surface area contributed by atoms with Crippen LogP contribution in [-0.2, 0) is 6.42 Å². The molecule has 0 unspecified atom stereocenters. The van der Waals surface area contributed by atoms with E-state index in [1.165, 1.54) is 4.90 Å². The van der Waals surface area contributed by atoms with E-state index < -0.39 is 0 Å². The van der Waals surface area contributed by atoms with Gasteiger partial charge in [0.2, 0.25) is 0 Å². The van der Waals surface area contributed by atoms with Crippen molar-refractivity contribution in [2.75, 3.05) is 12.3 Å². The van der Waals surface area contributed by atoms with Crippen LogP contribution in [0, 0.1) is 0 Å². The van der Waals surface area contributed by atoms with Gasteiger partial charge in [-0.2, -0.15) is 5.10 Å². The van der Waals surface area contributed by atoms with Crippen molar-refractivity contribution >= 4 is 17.7 Å². The number of nitrogens with zero attached hydrogens (tertiary/aromatic N) is 2. The largest absolute Gasteiger partial charge is 0.351 e. The Balaban J connectivity index is 1.61. The molecule has 3 aromatic rings. The van der Waals surface area contributed by atoms with Gasteiger partial charge in [-0.15, -0.1) is 11.8 Å². The molecule has 0 saturated heterocycles. The number of thioether (sulfide) groups is 1. The van der Waals surface area contributed by atoms with E-state index in [2.05, 4.69) is 22.5 Å². The Bertz CT molecular complexity index is 815. The Hall–Kier alpha value is -2.53. The summed E-state index contributed by atoms with van der Waals surface area (Å²) in [4.78, 5) is 13.7. The highest BCUT2D eigenvalue weighted by Crippen LogP contribution is 2.17. The van der Waals surface area contributed by atoms with Crippen molar-refractivity contribution in [1.82, 2.24) is 15.1 Å². The van der Waals surface area contributed by atoms with Crippen LogP contribution in [0.15, 0.2) is 71.8 Å². The fourth-order valence-electron chi connectivity index (χ4n) is 2.64. The van der Waals surface area contributed by atoms with Crippen LogP contribution in [0.5, 0.6) is 0 Å². The van der Waals surface area contributed by atoms with Crippen LogP contribution in [-0.4, -0.2) is 28.0 Å². The predicted octanol–water partition coefficient (Wildman–Crippen LogP) is 3.96. The molecule has 1 heterocycles. The van der Waals surface area contributed by atoms with Crippen LogP contribution < -0.4 is 5.32 Å². The normalized spacial score (nSPS) is 10.6. The van der Waals surface area contributed by atoms with Crippen molar-refractivity contribution in [2.45, 2.75) is 18.2 Å². The number of hydrogen-bond acceptors (Lipinski definition) is 3. The average molecular weight is 351 g/mol. The third-order valence-corrected chi connectivity index (χ3v) is 4.86. The number of para-hydroxylation sites is 1. The lowest BCUT2D eigenvalue weighted by atomic mass is 10.2. The van der Waals surface area contributed by atoms with Crippen molar-refractivity contribution < 1.29 is 4.79 Å². The van der Waals surface area contributed by atoms with Crippen molar-refractivity contribution in [3.63, 3.8) is 0 Å². The minimum atomic E-state index is -0.0623. The minimum absolute atomic E-state index is 0.0623. The molecule has 1 N–H and O–H groups in total. The van der Waals surface area contributed by atoms with Crippen LogP contribution in [0.3, 0.4) is 0 Å². The van der Waals surface area contributed by atoms with E-state index in [0.717, 1.165) is 23.6 Å². The quantitative estimate of drug-likeness (QED) is 0.518. The van der Waals surface area contributed by atoms with Gasteiger partial charge < -0.3 is 5.32 Å². The van der Waals surface area contributed by atoms with Crippen molar-refractivity contribution in [1.29, 1.82) is 0 Å². The molecule has 0 spiro atoms. The van der Waals surface area contributed by atoms with Gasteiger partial charge in [-0.05, 0) is 30.7 Å². The molecule has 3 rings (SSSR count). The van der Waals surface area contributed by atoms with E-state index in [1.54, 1.807) is 18.0 Å². The summed E-state index contributed by atoms with van der Waals surface area (Å²) in [6, 6.07) is 20.1. The zero-order chi connectivity index (χ0) is 17.5. The molecule has 0 radical (unpaired) electrons. The molecule has 25 heavy (non-hydrogen) atoms. The number of amides is 1. The Morgan fingerprint density at radius 3 is 2.44 bits per heavy atom. The standard InChI is InChI=1S/C20H21N3OS/c1-2-19-18(15-22-23(19)16-9-5-3-6-10-16)20(24)21-13-14-25-17-11-7-4-8-12-17/h3-12,15H,2,13-14H2,1H3,(H,21,24). The van der Waals surface area contributed by atoms with Crippen molar-refractivity contribution in [3.05, 3.63) is 78.1 Å². The van der Waals surface area contributed by atoms with Gasteiger partial charge in [-0.25, -0.2) is 4.68 Å². The summed E-state index contributed by atoms with van der Waals surface area (Å²) in [5, 5.41) is 7.40. The highest BCUT2D eigenvalue weighted by molar-refractivity contribution is 7.99. The molecule has 0 aliphatic carbocycles. The topological polar surface area (TPSA) is 46.9 Å². The summed E-state index contributed by atoms with van der Waals surface area (Å²) in [7, 11) is 0. The zero-order valence-corrected chi connectivity index (χ0v) is 15.0. The average Bonchev–Trinajstić information content (AvgIpc) is 3.11. The van der Waals surface area contributed by atoms with Crippen molar-refractivity contribution in [2.24, 2.45) is 0 Å². The number of nitrogens with one attached hydrogen (secondary N) is 1. The van der Waals surface area contributed by atoms with Gasteiger partial charge in [-0.3, -0.25) is 4.79 Å². The molecule has 0 atom stereocenters. The number of carbonyl (C=O) groups excluding carboxylic acids is 1. The number of benzene rings is 2. The molecule has 0 bridgehead atoms. The first-order valence-corrected chi connectivity index (χ1v) is 9.36. The molecule has 0 fully saturated rings. The molecule has 0 saturated carbocycles. The Morgan fingerprint density at radius 1 is 1.08 bits per heavy atom. The lowest BCUT2D eigenvalue weighted by molar-refractivity contribution is 0.0955. The van der Waals surface area contributed by atoms with Crippen LogP contribution >= 0.6 is 11.8 Å². The van der Waals surface area contributed by atoms with E-state index in [9.17, 15) is 4.79 Å². The highest BCUT2D eigenvalue weighted by Gasteiger charge is 2.16. The first kappa shape index (κ1) is 17.3. The van der Waals surface area contributed by atoms with Crippen LogP contribution in [0.1, 0.15) is 23.0 Å². The molecule has 0 aliphatic heterocycles. The van der Waals surface area contributed by atoms with Gasteiger partial charge >= 0.3 is 0 Å². The smallest absolute Gasteiger partial charge is 0.254 e. The second kappa shape index (κ2) is 8.53. The molecule has 1 amide bonds. The predicted molar refractivity (Wildman–Crippen MR) is 102 cm³/mol. The van der Waals surface area contributed by atoms with E-state index in [4.69, 9.17) is 0 Å². The number of rotatable bonds is 7. The molecule has 128 valence electrons. The summed E-state index contributed by atoms with van der Waals surface area (Å²) < 4.78 is 1.84. The first-order chi connectivity index (χ1) is 12.3. The molecular formula is C20H21N3OS. The Labute approximate surface area is 152 Å². The Kier molecular flexibility index (Phi) is 5.90. The van der Waals surface area contributed by atoms with Gasteiger partial charge in [-0.1, -0.05) is 43.3 Å². The van der Waals surface area contributed by atoms with Gasteiger partial charge in [0.25, 0.3) is 5.91 Å². The second-order valence-corrected chi connectivity index (χ2v) is 6.69. The SMILES string of the molecule is CCc1c(C(=O)NCCSc2ccccc2)cnn1-c1ccccc1. The Morgan fingerprint density at radius 2 is 1.76 bits per heavy atom. The summed E-state index contributed by atoms with van der Waals surface area (Å²) in [6.45, 7) is 2.66. The maximum atomic E-state index is 12.5. The number of aromatic nitrogens is 2. The molecule has 0 aliphatic rings. The second-order valence-electron chi connectivity index (χ2n) is 5.52. The monoisotopic (exact) mass is 351 g/mol. The fourth-order valence-corrected chi connectivity index (χ4v) is 3.43. The molecular weight excluding hydrogens is 330 g/mol. The molecule has 5 heteroatoms. The van der Waals surface area contributed by atoms with E-state index in [1.807, 2.05) is 60.1 Å². The van der Waals surface area contributed by atoms with Gasteiger partial charge in [0, 0.05) is 17.2 Å². The van der Waals surface area contributed by atoms with Crippen LogP contribution in [0.25, 0.3) is 5.69 Å². The summed E-state index contributed by atoms with van der Waals surface area (Å²) in [5.41, 5.74) is 2.55. The van der Waals surface area contributed by atoms with E-state index in [-0.39, 0.29) is 5.91 Å². The third-order valence-electron chi connectivity index (χ3n) is 3.85. The summed E-state index contributed by atoms with van der Waals surface area (Å²) >= 11 is 1.73. The highest BCUT2D eigenvalue weighted by atomic mass is 32.2. The van der Waals surface area contributed by atoms with Gasteiger partial charge in [0.1, 0.15) is 0 Å². The van der Waals surface area contributed by atoms with Crippen molar-refractivity contribution in [3.8, 4) is 5.69 Å². The zero-order valence-electron chi connectivity index (χ0n) is 14.2. The fraction of sp³-hybridized carbons (Fsp3) is 0.200. The molecule has 2 aromatic carbocycles. The molecule has 1 aromatic heterocycles. The summed E-state index contributed by atoms with van der Waals surface area (Å²) in [5.74, 6) is 0.775. The van der Waals surface area contributed by atoms with E-state index >= 15 is 0 Å². The van der Waals surface area contributed by atoms with Gasteiger partial charge in [0.05, 0.1) is 23.1 Å².